The summed E-state index contributed by atoms with van der Waals surface area (Å²) in [4.78, 5) is 25.5. The van der Waals surface area contributed by atoms with Gasteiger partial charge < -0.3 is 15.0 Å². The molecule has 0 aromatic rings. The van der Waals surface area contributed by atoms with Gasteiger partial charge in [0.05, 0.1) is 10.7 Å². The molecule has 7 heteroatoms. The van der Waals surface area contributed by atoms with Crippen LogP contribution in [0.1, 0.15) is 26.7 Å². The highest BCUT2D eigenvalue weighted by Crippen LogP contribution is 2.48. The van der Waals surface area contributed by atoms with Crippen molar-refractivity contribution in [2.24, 2.45) is 5.92 Å². The third kappa shape index (κ3) is 4.98. The highest BCUT2D eigenvalue weighted by molar-refractivity contribution is 8.18. The number of alkyl carbamates (subject to hydrolysis) is 1. The summed E-state index contributed by atoms with van der Waals surface area (Å²) in [7, 11) is 0. The van der Waals surface area contributed by atoms with Gasteiger partial charge in [0.1, 0.15) is 6.54 Å². The molecule has 0 radical (unpaired) electrons. The van der Waals surface area contributed by atoms with Gasteiger partial charge in [-0.05, 0) is 30.3 Å². The number of rotatable bonds is 4. The van der Waals surface area contributed by atoms with Gasteiger partial charge in [-0.2, -0.15) is 0 Å². The number of hydrogen-bond acceptors (Lipinski definition) is 5. The van der Waals surface area contributed by atoms with E-state index in [9.17, 15) is 9.59 Å². The van der Waals surface area contributed by atoms with E-state index in [0.717, 1.165) is 19.5 Å². The molecule has 2 heterocycles. The smallest absolute Gasteiger partial charge is 0.407 e. The number of ether oxygens (including phenoxy) is 1. The van der Waals surface area contributed by atoms with Crippen LogP contribution in [-0.4, -0.2) is 58.7 Å². The molecule has 0 atom stereocenters. The molecule has 2 rings (SSSR count). The lowest BCUT2D eigenvalue weighted by Gasteiger charge is -2.31. The maximum Gasteiger partial charge on any atom is 0.407 e. The fraction of sp³-hybridized carbons (Fsp3) is 0.857. The minimum absolute atomic E-state index is 0.0138. The molecule has 0 saturated carbocycles. The molecule has 2 amide bonds. The summed E-state index contributed by atoms with van der Waals surface area (Å²) in [5, 5.41) is 2.54. The lowest BCUT2D eigenvalue weighted by molar-refractivity contribution is -0.129. The van der Waals surface area contributed by atoms with Crippen molar-refractivity contribution in [1.29, 1.82) is 0 Å². The van der Waals surface area contributed by atoms with Gasteiger partial charge >= 0.3 is 6.09 Å². The van der Waals surface area contributed by atoms with E-state index < -0.39 is 6.09 Å². The predicted molar refractivity (Wildman–Crippen MR) is 87.6 cm³/mol. The van der Waals surface area contributed by atoms with Gasteiger partial charge in [0.15, 0.2) is 0 Å². The maximum absolute atomic E-state index is 12.2. The largest absolute Gasteiger partial charge is 0.449 e. The Kier molecular flexibility index (Phi) is 6.10. The quantitative estimate of drug-likeness (QED) is 0.855. The van der Waals surface area contributed by atoms with Crippen LogP contribution in [0.25, 0.3) is 0 Å². The normalized spacial score (nSPS) is 20.8. The number of carbonyl (C=O) groups is 2. The van der Waals surface area contributed by atoms with Crippen LogP contribution in [0, 0.1) is 5.92 Å². The summed E-state index contributed by atoms with van der Waals surface area (Å²) in [6.45, 7) is 5.94. The maximum atomic E-state index is 12.2. The number of nitrogens with one attached hydrogen (secondary N) is 1. The second-order valence-electron chi connectivity index (χ2n) is 5.87. The minimum Gasteiger partial charge on any atom is -0.449 e. The van der Waals surface area contributed by atoms with Gasteiger partial charge in [0.2, 0.25) is 5.91 Å². The van der Waals surface area contributed by atoms with Crippen molar-refractivity contribution in [3.8, 4) is 0 Å². The van der Waals surface area contributed by atoms with Crippen LogP contribution >= 0.6 is 23.5 Å². The van der Waals surface area contributed by atoms with E-state index in [4.69, 9.17) is 4.74 Å². The van der Waals surface area contributed by atoms with Gasteiger partial charge in [-0.3, -0.25) is 4.79 Å². The fourth-order valence-electron chi connectivity index (χ4n) is 2.37. The molecule has 2 saturated heterocycles. The summed E-state index contributed by atoms with van der Waals surface area (Å²) in [5.41, 5.74) is 0. The number of nitrogens with zero attached hydrogens (tertiary/aromatic N) is 1. The van der Waals surface area contributed by atoms with Gasteiger partial charge in [-0.25, -0.2) is 4.79 Å². The summed E-state index contributed by atoms with van der Waals surface area (Å²) in [5.74, 6) is 2.66. The molecule has 21 heavy (non-hydrogen) atoms. The zero-order valence-electron chi connectivity index (χ0n) is 12.7. The minimum atomic E-state index is -0.507. The molecule has 0 unspecified atom stereocenters. The van der Waals surface area contributed by atoms with Gasteiger partial charge in [0.25, 0.3) is 0 Å². The Balaban J connectivity index is 1.71. The molecule has 0 aromatic heterocycles. The molecule has 120 valence electrons. The Morgan fingerprint density at radius 3 is 2.71 bits per heavy atom. The van der Waals surface area contributed by atoms with Crippen LogP contribution in [0.2, 0.25) is 0 Å². The van der Waals surface area contributed by atoms with Gasteiger partial charge in [-0.15, -0.1) is 23.5 Å². The van der Waals surface area contributed by atoms with Crippen LogP contribution in [-0.2, 0) is 9.53 Å². The first-order valence-corrected chi connectivity index (χ1v) is 9.44. The van der Waals surface area contributed by atoms with Crippen LogP contribution < -0.4 is 5.32 Å². The molecule has 1 spiro atoms. The van der Waals surface area contributed by atoms with E-state index in [2.05, 4.69) is 5.32 Å². The van der Waals surface area contributed by atoms with Crippen LogP contribution in [0.3, 0.4) is 0 Å². The molecule has 2 aliphatic rings. The summed E-state index contributed by atoms with van der Waals surface area (Å²) in [6, 6.07) is 0. The molecule has 0 bridgehead atoms. The van der Waals surface area contributed by atoms with E-state index in [0.29, 0.717) is 12.5 Å². The fourth-order valence-corrected chi connectivity index (χ4v) is 5.68. The SMILES string of the molecule is CC(C)COC(=O)NCC(=O)N1CCC2(C1)SCCCS2. The Morgan fingerprint density at radius 2 is 2.05 bits per heavy atom. The average Bonchev–Trinajstić information content (AvgIpc) is 2.87. The van der Waals surface area contributed by atoms with E-state index in [1.54, 1.807) is 0 Å². The Hall–Kier alpha value is -0.560. The highest BCUT2D eigenvalue weighted by atomic mass is 32.2. The summed E-state index contributed by atoms with van der Waals surface area (Å²) >= 11 is 3.97. The van der Waals surface area contributed by atoms with E-state index in [1.165, 1.54) is 17.9 Å². The van der Waals surface area contributed by atoms with Crippen molar-refractivity contribution in [1.82, 2.24) is 10.2 Å². The first-order chi connectivity index (χ1) is 10.0. The number of hydrogen-bond donors (Lipinski definition) is 1. The number of likely N-dealkylation sites (tertiary alicyclic amines) is 1. The lowest BCUT2D eigenvalue weighted by atomic mass is 10.2. The third-order valence-electron chi connectivity index (χ3n) is 3.50. The highest BCUT2D eigenvalue weighted by Gasteiger charge is 2.41. The van der Waals surface area contributed by atoms with Gasteiger partial charge in [0, 0.05) is 13.1 Å². The molecular formula is C14H24N2O3S2. The van der Waals surface area contributed by atoms with Crippen molar-refractivity contribution in [2.75, 3.05) is 37.7 Å². The first kappa shape index (κ1) is 16.8. The molecule has 0 aromatic carbocycles. The Labute approximate surface area is 134 Å². The molecule has 5 nitrogen and oxygen atoms in total. The molecule has 0 aliphatic carbocycles. The molecule has 2 aliphatic heterocycles. The van der Waals surface area contributed by atoms with Crippen molar-refractivity contribution in [3.63, 3.8) is 0 Å². The van der Waals surface area contributed by atoms with Crippen LogP contribution in [0.4, 0.5) is 4.79 Å². The molecule has 1 N–H and O–H groups in total. The van der Waals surface area contributed by atoms with Crippen molar-refractivity contribution in [3.05, 3.63) is 0 Å². The third-order valence-corrected chi connectivity index (χ3v) is 6.91. The summed E-state index contributed by atoms with van der Waals surface area (Å²) in [6.07, 6.45) is 1.80. The van der Waals surface area contributed by atoms with E-state index >= 15 is 0 Å². The van der Waals surface area contributed by atoms with Crippen molar-refractivity contribution in [2.45, 2.75) is 30.8 Å². The lowest BCUT2D eigenvalue weighted by Crippen LogP contribution is -2.41. The molecule has 2 fully saturated rings. The summed E-state index contributed by atoms with van der Waals surface area (Å²) < 4.78 is 5.20. The van der Waals surface area contributed by atoms with Crippen molar-refractivity contribution >= 4 is 35.5 Å². The number of thioether (sulfide) groups is 2. The average molecular weight is 332 g/mol. The standard InChI is InChI=1S/C14H24N2O3S2/c1-11(2)9-19-13(18)15-8-12(17)16-5-4-14(10-16)20-6-3-7-21-14/h11H,3-10H2,1-2H3,(H,15,18). The van der Waals surface area contributed by atoms with E-state index in [1.807, 2.05) is 42.3 Å². The monoisotopic (exact) mass is 332 g/mol. The zero-order valence-corrected chi connectivity index (χ0v) is 14.4. The van der Waals surface area contributed by atoms with Crippen molar-refractivity contribution < 1.29 is 14.3 Å². The Bertz CT molecular complexity index is 384. The van der Waals surface area contributed by atoms with Crippen LogP contribution in [0.15, 0.2) is 0 Å². The predicted octanol–water partition coefficient (Wildman–Crippen LogP) is 2.17. The van der Waals surface area contributed by atoms with E-state index in [-0.39, 0.29) is 16.5 Å². The second kappa shape index (κ2) is 7.63. The van der Waals surface area contributed by atoms with Gasteiger partial charge in [-0.1, -0.05) is 13.8 Å². The number of amides is 2. The zero-order chi connectivity index (χ0) is 15.3. The first-order valence-electron chi connectivity index (χ1n) is 7.47. The number of carbonyl (C=O) groups excluding carboxylic acids is 2. The van der Waals surface area contributed by atoms with Crippen LogP contribution in [0.5, 0.6) is 0 Å². The molecular weight excluding hydrogens is 308 g/mol. The second-order valence-corrected chi connectivity index (χ2v) is 9.09. The topological polar surface area (TPSA) is 58.6 Å². The Morgan fingerprint density at radius 1 is 1.33 bits per heavy atom.